The van der Waals surface area contributed by atoms with Crippen molar-refractivity contribution in [2.24, 2.45) is 5.92 Å². The van der Waals surface area contributed by atoms with Crippen LogP contribution in [0.5, 0.6) is 5.75 Å². The standard InChI is InChI=1S/C29H27NO2/c1-20-16-17-21(19-26(20)31)18-24-14-8-9-15-25(24)29-30-27(22-10-4-2-5-11-22)28(32-29)23-12-6-3-7-13-23/h2-7,10-13,15-17,19,24,31H,8-9,14,18H2,1H3. The predicted molar refractivity (Wildman–Crippen MR) is 129 cm³/mol. The molecule has 5 rings (SSSR count). The summed E-state index contributed by atoms with van der Waals surface area (Å²) in [5, 5.41) is 10.2. The van der Waals surface area contributed by atoms with Crippen LogP contribution in [0.4, 0.5) is 0 Å². The third kappa shape index (κ3) is 4.11. The van der Waals surface area contributed by atoms with E-state index in [0.29, 0.717) is 17.6 Å². The Balaban J connectivity index is 1.54. The average Bonchev–Trinajstić information content (AvgIpc) is 3.28. The first-order chi connectivity index (χ1) is 15.7. The fourth-order valence-electron chi connectivity index (χ4n) is 4.50. The summed E-state index contributed by atoms with van der Waals surface area (Å²) in [5.74, 6) is 2.20. The number of phenols is 1. The number of benzene rings is 3. The molecule has 0 saturated carbocycles. The monoisotopic (exact) mass is 421 g/mol. The molecule has 1 aliphatic carbocycles. The predicted octanol–water partition coefficient (Wildman–Crippen LogP) is 7.45. The molecular weight excluding hydrogens is 394 g/mol. The number of allylic oxidation sites excluding steroid dienone is 2. The summed E-state index contributed by atoms with van der Waals surface area (Å²) in [6.45, 7) is 1.92. The van der Waals surface area contributed by atoms with Crippen molar-refractivity contribution < 1.29 is 9.52 Å². The lowest BCUT2D eigenvalue weighted by molar-refractivity contribution is 0.468. The van der Waals surface area contributed by atoms with E-state index in [2.05, 4.69) is 36.4 Å². The van der Waals surface area contributed by atoms with Crippen molar-refractivity contribution >= 4 is 5.57 Å². The summed E-state index contributed by atoms with van der Waals surface area (Å²) in [6, 6.07) is 26.4. The number of hydrogen-bond acceptors (Lipinski definition) is 3. The lowest BCUT2D eigenvalue weighted by atomic mass is 9.83. The molecule has 1 heterocycles. The molecule has 0 aliphatic heterocycles. The highest BCUT2D eigenvalue weighted by Crippen LogP contribution is 2.40. The van der Waals surface area contributed by atoms with Gasteiger partial charge < -0.3 is 9.52 Å². The molecule has 1 aliphatic rings. The van der Waals surface area contributed by atoms with E-state index in [4.69, 9.17) is 9.40 Å². The molecule has 1 unspecified atom stereocenters. The van der Waals surface area contributed by atoms with Gasteiger partial charge in [0.2, 0.25) is 5.89 Å². The van der Waals surface area contributed by atoms with Crippen LogP contribution >= 0.6 is 0 Å². The Morgan fingerprint density at radius 2 is 1.66 bits per heavy atom. The zero-order valence-corrected chi connectivity index (χ0v) is 18.3. The molecule has 0 radical (unpaired) electrons. The van der Waals surface area contributed by atoms with Crippen LogP contribution in [0.15, 0.2) is 89.4 Å². The van der Waals surface area contributed by atoms with E-state index < -0.39 is 0 Å². The third-order valence-corrected chi connectivity index (χ3v) is 6.27. The van der Waals surface area contributed by atoms with E-state index >= 15 is 0 Å². The van der Waals surface area contributed by atoms with Crippen LogP contribution in [0, 0.1) is 12.8 Å². The number of aromatic nitrogens is 1. The third-order valence-electron chi connectivity index (χ3n) is 6.27. The maximum absolute atomic E-state index is 10.2. The topological polar surface area (TPSA) is 46.3 Å². The van der Waals surface area contributed by atoms with Gasteiger partial charge in [0.1, 0.15) is 11.4 Å². The first-order valence-electron chi connectivity index (χ1n) is 11.3. The maximum atomic E-state index is 10.2. The Bertz CT molecular complexity index is 1180. The van der Waals surface area contributed by atoms with Gasteiger partial charge in [0, 0.05) is 16.7 Å². The quantitative estimate of drug-likeness (QED) is 0.364. The summed E-state index contributed by atoms with van der Waals surface area (Å²) in [6.07, 6.45) is 6.43. The van der Waals surface area contributed by atoms with Crippen molar-refractivity contribution in [2.45, 2.75) is 32.6 Å². The molecule has 32 heavy (non-hydrogen) atoms. The van der Waals surface area contributed by atoms with Crippen molar-refractivity contribution in [1.82, 2.24) is 4.98 Å². The molecule has 1 aromatic heterocycles. The first-order valence-corrected chi connectivity index (χ1v) is 11.3. The Morgan fingerprint density at radius 1 is 0.938 bits per heavy atom. The van der Waals surface area contributed by atoms with Gasteiger partial charge in [0.25, 0.3) is 0 Å². The van der Waals surface area contributed by atoms with Gasteiger partial charge in [-0.25, -0.2) is 4.98 Å². The molecule has 0 amide bonds. The zero-order valence-electron chi connectivity index (χ0n) is 18.3. The number of rotatable bonds is 5. The Labute approximate surface area is 189 Å². The van der Waals surface area contributed by atoms with E-state index in [1.165, 1.54) is 5.57 Å². The first kappa shape index (κ1) is 20.3. The van der Waals surface area contributed by atoms with Crippen LogP contribution < -0.4 is 0 Å². The fourth-order valence-corrected chi connectivity index (χ4v) is 4.50. The number of hydrogen-bond donors (Lipinski definition) is 1. The van der Waals surface area contributed by atoms with Crippen molar-refractivity contribution in [3.8, 4) is 28.3 Å². The lowest BCUT2D eigenvalue weighted by Gasteiger charge is -2.22. The van der Waals surface area contributed by atoms with Crippen molar-refractivity contribution in [3.05, 3.63) is 102 Å². The molecule has 1 atom stereocenters. The molecule has 3 aromatic carbocycles. The van der Waals surface area contributed by atoms with Crippen molar-refractivity contribution in [1.29, 1.82) is 0 Å². The zero-order chi connectivity index (χ0) is 21.9. The Morgan fingerprint density at radius 3 is 2.38 bits per heavy atom. The summed E-state index contributed by atoms with van der Waals surface area (Å²) in [5.41, 5.74) is 6.19. The van der Waals surface area contributed by atoms with E-state index in [9.17, 15) is 5.11 Å². The Kier molecular flexibility index (Phi) is 5.64. The van der Waals surface area contributed by atoms with Crippen LogP contribution in [0.3, 0.4) is 0 Å². The normalized spacial score (nSPS) is 16.0. The van der Waals surface area contributed by atoms with Crippen molar-refractivity contribution in [2.75, 3.05) is 0 Å². The molecule has 3 nitrogen and oxygen atoms in total. The molecule has 1 N–H and O–H groups in total. The van der Waals surface area contributed by atoms with Crippen LogP contribution in [0.1, 0.15) is 36.3 Å². The van der Waals surface area contributed by atoms with Crippen LogP contribution in [-0.2, 0) is 6.42 Å². The molecule has 160 valence electrons. The molecule has 0 spiro atoms. The minimum atomic E-state index is 0.316. The van der Waals surface area contributed by atoms with Crippen molar-refractivity contribution in [3.63, 3.8) is 0 Å². The minimum absolute atomic E-state index is 0.316. The largest absolute Gasteiger partial charge is 0.508 e. The summed E-state index contributed by atoms with van der Waals surface area (Å²) < 4.78 is 6.48. The molecular formula is C29H27NO2. The van der Waals surface area contributed by atoms with Gasteiger partial charge in [-0.2, -0.15) is 0 Å². The van der Waals surface area contributed by atoms with Crippen LogP contribution in [-0.4, -0.2) is 10.1 Å². The highest BCUT2D eigenvalue weighted by atomic mass is 16.4. The van der Waals surface area contributed by atoms with Gasteiger partial charge >= 0.3 is 0 Å². The molecule has 4 aromatic rings. The molecule has 0 fully saturated rings. The number of oxazole rings is 1. The van der Waals surface area contributed by atoms with Gasteiger partial charge in [-0.05, 0) is 55.7 Å². The summed E-state index contributed by atoms with van der Waals surface area (Å²) >= 11 is 0. The maximum Gasteiger partial charge on any atom is 0.223 e. The molecule has 0 bridgehead atoms. The lowest BCUT2D eigenvalue weighted by Crippen LogP contribution is -2.11. The summed E-state index contributed by atoms with van der Waals surface area (Å²) in [7, 11) is 0. The highest BCUT2D eigenvalue weighted by Gasteiger charge is 2.26. The van der Waals surface area contributed by atoms with E-state index in [1.807, 2.05) is 55.5 Å². The second-order valence-electron chi connectivity index (χ2n) is 8.54. The fraction of sp³-hybridized carbons (Fsp3) is 0.207. The Hall–Kier alpha value is -3.59. The highest BCUT2D eigenvalue weighted by molar-refractivity contribution is 5.79. The van der Waals surface area contributed by atoms with E-state index in [1.54, 1.807) is 0 Å². The molecule has 3 heteroatoms. The average molecular weight is 422 g/mol. The smallest absolute Gasteiger partial charge is 0.223 e. The van der Waals surface area contributed by atoms with E-state index in [0.717, 1.165) is 59.4 Å². The van der Waals surface area contributed by atoms with Gasteiger partial charge in [-0.1, -0.05) is 78.9 Å². The van der Waals surface area contributed by atoms with E-state index in [-0.39, 0.29) is 0 Å². The SMILES string of the molecule is Cc1ccc(CC2CCCC=C2c2nc(-c3ccccc3)c(-c3ccccc3)o2)cc1O. The number of phenolic OH excluding ortho intramolecular Hbond substituents is 1. The van der Waals surface area contributed by atoms with Crippen LogP contribution in [0.2, 0.25) is 0 Å². The van der Waals surface area contributed by atoms with Gasteiger partial charge in [-0.15, -0.1) is 0 Å². The van der Waals surface area contributed by atoms with Crippen LogP contribution in [0.25, 0.3) is 28.2 Å². The number of aromatic hydroxyl groups is 1. The minimum Gasteiger partial charge on any atom is -0.508 e. The number of aryl methyl sites for hydroxylation is 1. The summed E-state index contributed by atoms with van der Waals surface area (Å²) in [4.78, 5) is 5.02. The van der Waals surface area contributed by atoms with Gasteiger partial charge in [0.15, 0.2) is 5.76 Å². The second kappa shape index (κ2) is 8.88. The van der Waals surface area contributed by atoms with Gasteiger partial charge in [-0.3, -0.25) is 0 Å². The second-order valence-corrected chi connectivity index (χ2v) is 8.54. The van der Waals surface area contributed by atoms with Gasteiger partial charge in [0.05, 0.1) is 0 Å². The molecule has 0 saturated heterocycles. The number of nitrogens with zero attached hydrogens (tertiary/aromatic N) is 1.